The molecule has 0 saturated heterocycles. The van der Waals surface area contributed by atoms with Crippen LogP contribution in [-0.2, 0) is 12.4 Å². The lowest BCUT2D eigenvalue weighted by atomic mass is 10.1. The van der Waals surface area contributed by atoms with Crippen molar-refractivity contribution in [3.63, 3.8) is 0 Å². The molecule has 1 fully saturated rings. The standard InChI is InChI=1S/C16H16ClN3/c1-16(6-7-16)10-20-14(8-17)19-13-9-18-12-5-3-2-4-11(12)15(13)20/h2-5,9H,6-8,10H2,1H3. The normalized spacial score (nSPS) is 16.9. The first-order valence-electron chi connectivity index (χ1n) is 6.99. The SMILES string of the molecule is CC1(Cn2c(CCl)nc3cnc4ccccc4c32)CC1. The maximum absolute atomic E-state index is 6.10. The molecule has 0 bridgehead atoms. The predicted octanol–water partition coefficient (Wildman–Crippen LogP) is 4.12. The summed E-state index contributed by atoms with van der Waals surface area (Å²) in [7, 11) is 0. The van der Waals surface area contributed by atoms with Gasteiger partial charge in [-0.3, -0.25) is 4.98 Å². The summed E-state index contributed by atoms with van der Waals surface area (Å²) in [4.78, 5) is 9.15. The summed E-state index contributed by atoms with van der Waals surface area (Å²) >= 11 is 6.10. The number of imidazole rings is 1. The average Bonchev–Trinajstić information content (AvgIpc) is 3.09. The average molecular weight is 286 g/mol. The molecule has 102 valence electrons. The van der Waals surface area contributed by atoms with Crippen LogP contribution in [-0.4, -0.2) is 14.5 Å². The number of alkyl halides is 1. The Labute approximate surface area is 122 Å². The monoisotopic (exact) mass is 285 g/mol. The zero-order valence-corrected chi connectivity index (χ0v) is 12.2. The number of fused-ring (bicyclic) bond motifs is 3. The summed E-state index contributed by atoms with van der Waals surface area (Å²) in [5.74, 6) is 1.40. The zero-order valence-electron chi connectivity index (χ0n) is 11.4. The molecule has 0 unspecified atom stereocenters. The van der Waals surface area contributed by atoms with Crippen molar-refractivity contribution in [2.45, 2.75) is 32.2 Å². The Kier molecular flexibility index (Phi) is 2.55. The highest BCUT2D eigenvalue weighted by Crippen LogP contribution is 2.47. The van der Waals surface area contributed by atoms with Crippen molar-refractivity contribution in [3.05, 3.63) is 36.3 Å². The van der Waals surface area contributed by atoms with E-state index in [2.05, 4.69) is 33.6 Å². The van der Waals surface area contributed by atoms with Crippen LogP contribution in [0.5, 0.6) is 0 Å². The highest BCUT2D eigenvalue weighted by molar-refractivity contribution is 6.17. The van der Waals surface area contributed by atoms with Crippen LogP contribution in [0.2, 0.25) is 0 Å². The van der Waals surface area contributed by atoms with Crippen molar-refractivity contribution in [2.24, 2.45) is 5.41 Å². The van der Waals surface area contributed by atoms with Gasteiger partial charge >= 0.3 is 0 Å². The van der Waals surface area contributed by atoms with Crippen LogP contribution in [0.1, 0.15) is 25.6 Å². The van der Waals surface area contributed by atoms with Gasteiger partial charge < -0.3 is 4.57 Å². The molecule has 1 aliphatic carbocycles. The van der Waals surface area contributed by atoms with E-state index in [0.29, 0.717) is 11.3 Å². The summed E-state index contributed by atoms with van der Waals surface area (Å²) in [6, 6.07) is 8.24. The van der Waals surface area contributed by atoms with E-state index in [1.54, 1.807) is 0 Å². The fourth-order valence-electron chi connectivity index (χ4n) is 2.84. The second kappa shape index (κ2) is 4.19. The van der Waals surface area contributed by atoms with Crippen molar-refractivity contribution >= 4 is 33.5 Å². The van der Waals surface area contributed by atoms with Crippen molar-refractivity contribution in [2.75, 3.05) is 0 Å². The Morgan fingerprint density at radius 3 is 2.80 bits per heavy atom. The van der Waals surface area contributed by atoms with Gasteiger partial charge in [-0.2, -0.15) is 0 Å². The highest BCUT2D eigenvalue weighted by Gasteiger charge is 2.38. The van der Waals surface area contributed by atoms with E-state index in [4.69, 9.17) is 11.6 Å². The summed E-state index contributed by atoms with van der Waals surface area (Å²) in [6.07, 6.45) is 4.44. The van der Waals surface area contributed by atoms with E-state index >= 15 is 0 Å². The van der Waals surface area contributed by atoms with Crippen LogP contribution in [0, 0.1) is 5.41 Å². The number of rotatable bonds is 3. The smallest absolute Gasteiger partial charge is 0.124 e. The van der Waals surface area contributed by atoms with Crippen molar-refractivity contribution in [1.82, 2.24) is 14.5 Å². The molecule has 0 aliphatic heterocycles. The van der Waals surface area contributed by atoms with E-state index in [1.807, 2.05) is 18.3 Å². The third-order valence-electron chi connectivity index (χ3n) is 4.32. The molecule has 1 aliphatic rings. The number of para-hydroxylation sites is 1. The molecule has 2 heterocycles. The van der Waals surface area contributed by atoms with E-state index in [-0.39, 0.29) is 0 Å². The molecule has 4 rings (SSSR count). The zero-order chi connectivity index (χ0) is 13.7. The van der Waals surface area contributed by atoms with Gasteiger partial charge in [0, 0.05) is 11.9 Å². The summed E-state index contributed by atoms with van der Waals surface area (Å²) in [5, 5.41) is 1.16. The fourth-order valence-corrected chi connectivity index (χ4v) is 3.04. The molecule has 0 atom stereocenters. The Balaban J connectivity index is 2.04. The second-order valence-corrected chi connectivity index (χ2v) is 6.33. The van der Waals surface area contributed by atoms with Gasteiger partial charge in [-0.25, -0.2) is 4.98 Å². The number of hydrogen-bond acceptors (Lipinski definition) is 2. The molecule has 0 spiro atoms. The molecule has 0 radical (unpaired) electrons. The molecule has 3 nitrogen and oxygen atoms in total. The lowest BCUT2D eigenvalue weighted by Crippen LogP contribution is -2.10. The molecule has 4 heteroatoms. The van der Waals surface area contributed by atoms with Gasteiger partial charge in [-0.15, -0.1) is 11.6 Å². The van der Waals surface area contributed by atoms with Gasteiger partial charge in [0.1, 0.15) is 11.3 Å². The fraction of sp³-hybridized carbons (Fsp3) is 0.375. The molecule has 20 heavy (non-hydrogen) atoms. The van der Waals surface area contributed by atoms with Gasteiger partial charge in [0.25, 0.3) is 0 Å². The number of hydrogen-bond donors (Lipinski definition) is 0. The quantitative estimate of drug-likeness (QED) is 0.678. The van der Waals surface area contributed by atoms with Gasteiger partial charge in [0.15, 0.2) is 0 Å². The van der Waals surface area contributed by atoms with Crippen LogP contribution < -0.4 is 0 Å². The van der Waals surface area contributed by atoms with Gasteiger partial charge in [0.05, 0.1) is 23.1 Å². The molecular formula is C16H16ClN3. The summed E-state index contributed by atoms with van der Waals surface area (Å²) < 4.78 is 2.30. The minimum atomic E-state index is 0.415. The van der Waals surface area contributed by atoms with Crippen LogP contribution in [0.25, 0.3) is 21.9 Å². The van der Waals surface area contributed by atoms with Crippen molar-refractivity contribution in [3.8, 4) is 0 Å². The van der Waals surface area contributed by atoms with E-state index in [1.165, 1.54) is 18.4 Å². The maximum atomic E-state index is 6.10. The molecule has 1 saturated carbocycles. The minimum Gasteiger partial charge on any atom is -0.326 e. The third-order valence-corrected chi connectivity index (χ3v) is 4.56. The van der Waals surface area contributed by atoms with Gasteiger partial charge in [-0.05, 0) is 24.3 Å². The van der Waals surface area contributed by atoms with Gasteiger partial charge in [0.2, 0.25) is 0 Å². The Morgan fingerprint density at radius 2 is 2.05 bits per heavy atom. The largest absolute Gasteiger partial charge is 0.326 e. The van der Waals surface area contributed by atoms with Crippen LogP contribution in [0.4, 0.5) is 0 Å². The Bertz CT molecular complexity index is 802. The molecular weight excluding hydrogens is 270 g/mol. The number of pyridine rings is 1. The number of benzene rings is 1. The minimum absolute atomic E-state index is 0.415. The number of nitrogens with zero attached hydrogens (tertiary/aromatic N) is 3. The first-order valence-corrected chi connectivity index (χ1v) is 7.52. The lowest BCUT2D eigenvalue weighted by Gasteiger charge is -2.13. The van der Waals surface area contributed by atoms with E-state index in [9.17, 15) is 0 Å². The first-order chi connectivity index (χ1) is 9.70. The second-order valence-electron chi connectivity index (χ2n) is 6.07. The van der Waals surface area contributed by atoms with Crippen LogP contribution in [0.15, 0.2) is 30.5 Å². The van der Waals surface area contributed by atoms with Crippen molar-refractivity contribution in [1.29, 1.82) is 0 Å². The van der Waals surface area contributed by atoms with E-state index < -0.39 is 0 Å². The third kappa shape index (κ3) is 1.80. The number of aromatic nitrogens is 3. The van der Waals surface area contributed by atoms with Gasteiger partial charge in [-0.1, -0.05) is 25.1 Å². The molecule has 1 aromatic carbocycles. The lowest BCUT2D eigenvalue weighted by molar-refractivity contribution is 0.465. The number of halogens is 1. The van der Waals surface area contributed by atoms with Crippen LogP contribution >= 0.6 is 11.6 Å². The Hall–Kier alpha value is -1.61. The molecule has 0 N–H and O–H groups in total. The van der Waals surface area contributed by atoms with Crippen LogP contribution in [0.3, 0.4) is 0 Å². The predicted molar refractivity (Wildman–Crippen MR) is 81.9 cm³/mol. The highest BCUT2D eigenvalue weighted by atomic mass is 35.5. The maximum Gasteiger partial charge on any atom is 0.124 e. The molecule has 3 aromatic rings. The summed E-state index contributed by atoms with van der Waals surface area (Å²) in [5.41, 5.74) is 3.56. The molecule has 0 amide bonds. The summed E-state index contributed by atoms with van der Waals surface area (Å²) in [6.45, 7) is 3.33. The Morgan fingerprint density at radius 1 is 1.25 bits per heavy atom. The molecule has 2 aromatic heterocycles. The van der Waals surface area contributed by atoms with E-state index in [0.717, 1.165) is 28.8 Å². The topological polar surface area (TPSA) is 30.7 Å². The first kappa shape index (κ1) is 12.2. The van der Waals surface area contributed by atoms with Crippen molar-refractivity contribution < 1.29 is 0 Å².